The molecule has 0 saturated carbocycles. The van der Waals surface area contributed by atoms with Crippen molar-refractivity contribution in [1.82, 2.24) is 14.7 Å². The largest absolute Gasteiger partial charge is 0.455 e. The number of likely N-dealkylation sites (N-methyl/N-ethyl adjacent to an activating group) is 1. The molecular formula is C38H55N3O7. The van der Waals surface area contributed by atoms with Crippen molar-refractivity contribution in [1.29, 1.82) is 0 Å². The van der Waals surface area contributed by atoms with Crippen LogP contribution in [0, 0.1) is 11.8 Å². The van der Waals surface area contributed by atoms with Crippen molar-refractivity contribution in [3.05, 3.63) is 61.2 Å². The van der Waals surface area contributed by atoms with Crippen LogP contribution in [-0.2, 0) is 28.7 Å². The Balaban J connectivity index is 1.67. The molecule has 7 atom stereocenters. The van der Waals surface area contributed by atoms with E-state index in [1.54, 1.807) is 33.9 Å². The van der Waals surface area contributed by atoms with Crippen molar-refractivity contribution in [3.8, 4) is 0 Å². The molecule has 3 aliphatic heterocycles. The van der Waals surface area contributed by atoms with Crippen molar-refractivity contribution < 1.29 is 33.8 Å². The summed E-state index contributed by atoms with van der Waals surface area (Å²) in [6.45, 7) is 16.1. The summed E-state index contributed by atoms with van der Waals surface area (Å²) in [4.78, 5) is 61.4. The Hall–Kier alpha value is -3.50. The first-order valence-electron chi connectivity index (χ1n) is 17.5. The van der Waals surface area contributed by atoms with E-state index in [2.05, 4.69) is 13.2 Å². The third kappa shape index (κ3) is 7.39. The number of hydrogen-bond acceptors (Lipinski definition) is 7. The van der Waals surface area contributed by atoms with E-state index in [0.717, 1.165) is 18.4 Å². The zero-order valence-corrected chi connectivity index (χ0v) is 29.4. The second-order valence-electron chi connectivity index (χ2n) is 14.5. The number of unbranched alkanes of at least 4 members (excludes halogenated alkanes) is 3. The van der Waals surface area contributed by atoms with Crippen LogP contribution in [0.1, 0.15) is 90.7 Å². The maximum Gasteiger partial charge on any atom is 0.313 e. The molecule has 0 unspecified atom stereocenters. The van der Waals surface area contributed by atoms with E-state index >= 15 is 0 Å². The summed E-state index contributed by atoms with van der Waals surface area (Å²) >= 11 is 0. The van der Waals surface area contributed by atoms with Gasteiger partial charge in [0.05, 0.1) is 24.0 Å². The molecule has 48 heavy (non-hydrogen) atoms. The van der Waals surface area contributed by atoms with Crippen LogP contribution >= 0.6 is 0 Å². The van der Waals surface area contributed by atoms with E-state index in [-0.39, 0.29) is 24.3 Å². The predicted octanol–water partition coefficient (Wildman–Crippen LogP) is 4.82. The molecule has 2 bridgehead atoms. The van der Waals surface area contributed by atoms with E-state index in [0.29, 0.717) is 51.6 Å². The number of aliphatic hydroxyl groups excluding tert-OH is 1. The summed E-state index contributed by atoms with van der Waals surface area (Å²) in [5, 5.41) is 9.24. The lowest BCUT2D eigenvalue weighted by Crippen LogP contribution is -2.59. The minimum atomic E-state index is -1.15. The molecule has 10 heteroatoms. The number of rotatable bonds is 17. The highest BCUT2D eigenvalue weighted by Gasteiger charge is 2.75. The van der Waals surface area contributed by atoms with Crippen LogP contribution in [0.4, 0.5) is 0 Å². The quantitative estimate of drug-likeness (QED) is 0.144. The van der Waals surface area contributed by atoms with Crippen LogP contribution < -0.4 is 0 Å². The van der Waals surface area contributed by atoms with Crippen molar-refractivity contribution in [2.45, 2.75) is 114 Å². The van der Waals surface area contributed by atoms with Gasteiger partial charge in [0, 0.05) is 38.7 Å². The number of allylic oxidation sites excluding steroid dienone is 1. The number of benzene rings is 1. The molecule has 3 saturated heterocycles. The Labute approximate surface area is 286 Å². The monoisotopic (exact) mass is 665 g/mol. The highest BCUT2D eigenvalue weighted by molar-refractivity contribution is 5.98. The van der Waals surface area contributed by atoms with Crippen LogP contribution in [0.25, 0.3) is 0 Å². The third-order valence-corrected chi connectivity index (χ3v) is 10.4. The van der Waals surface area contributed by atoms with Crippen LogP contribution in [0.5, 0.6) is 0 Å². The third-order valence-electron chi connectivity index (χ3n) is 10.4. The molecule has 3 aliphatic rings. The summed E-state index contributed by atoms with van der Waals surface area (Å²) in [7, 11) is 1.70. The molecule has 0 aromatic heterocycles. The molecule has 3 amide bonds. The maximum atomic E-state index is 14.6. The lowest BCUT2D eigenvalue weighted by Gasteiger charge is -2.42. The molecule has 1 aromatic carbocycles. The highest BCUT2D eigenvalue weighted by Crippen LogP contribution is 2.59. The van der Waals surface area contributed by atoms with Crippen molar-refractivity contribution in [2.75, 3.05) is 26.7 Å². The van der Waals surface area contributed by atoms with Gasteiger partial charge in [0.25, 0.3) is 0 Å². The lowest BCUT2D eigenvalue weighted by atomic mass is 9.70. The molecule has 264 valence electrons. The number of ether oxygens (including phenoxy) is 2. The normalized spacial score (nSPS) is 25.7. The smallest absolute Gasteiger partial charge is 0.313 e. The van der Waals surface area contributed by atoms with E-state index < -0.39 is 53.2 Å². The molecule has 3 fully saturated rings. The number of likely N-dealkylation sites (tertiary alicyclic amines) is 1. The second kappa shape index (κ2) is 15.8. The minimum absolute atomic E-state index is 0.0912. The van der Waals surface area contributed by atoms with Crippen molar-refractivity contribution >= 4 is 23.7 Å². The summed E-state index contributed by atoms with van der Waals surface area (Å²) in [5.74, 6) is -2.86. The number of nitrogens with zero attached hydrogens (tertiary/aromatic N) is 3. The van der Waals surface area contributed by atoms with Gasteiger partial charge in [0.15, 0.2) is 0 Å². The Kier molecular flexibility index (Phi) is 12.3. The fourth-order valence-electron chi connectivity index (χ4n) is 7.78. The average molecular weight is 666 g/mol. The molecule has 0 aliphatic carbocycles. The zero-order chi connectivity index (χ0) is 35.2. The standard InChI is InChI=1S/C38H55N3O7/c1-8-10-20-29(43)39(7)26(3)32(27-18-14-13-15-19-27)47-36(46)30-28-21-22-38(48-28)31(30)34(44)40(24-16-11-12-17-25-42)33(38)35(45)41(23-9-2)37(4,5)6/h8-9,13-15,18-19,26,28,30-33,42H,1-2,10-12,16-17,20-25H2,3-7H3/t26-,28-,30+,31+,32+,33-,38+/m1/s1. The molecule has 1 aromatic rings. The van der Waals surface area contributed by atoms with Gasteiger partial charge >= 0.3 is 5.97 Å². The van der Waals surface area contributed by atoms with Gasteiger partial charge in [-0.15, -0.1) is 13.2 Å². The van der Waals surface area contributed by atoms with Crippen LogP contribution in [0.3, 0.4) is 0 Å². The van der Waals surface area contributed by atoms with Crippen LogP contribution in [0.15, 0.2) is 55.6 Å². The number of carbonyl (C=O) groups excluding carboxylic acids is 4. The Morgan fingerprint density at radius 3 is 2.44 bits per heavy atom. The van der Waals surface area contributed by atoms with Gasteiger partial charge in [-0.3, -0.25) is 19.2 Å². The van der Waals surface area contributed by atoms with Gasteiger partial charge < -0.3 is 29.3 Å². The molecule has 1 spiro atoms. The number of carbonyl (C=O) groups is 4. The molecule has 1 N–H and O–H groups in total. The first-order chi connectivity index (χ1) is 22.8. The Bertz CT molecular complexity index is 1330. The molecule has 10 nitrogen and oxygen atoms in total. The highest BCUT2D eigenvalue weighted by atomic mass is 16.6. The van der Waals surface area contributed by atoms with Gasteiger partial charge in [-0.25, -0.2) is 0 Å². The van der Waals surface area contributed by atoms with Crippen molar-refractivity contribution in [2.24, 2.45) is 11.8 Å². The van der Waals surface area contributed by atoms with E-state index in [9.17, 15) is 24.3 Å². The SMILES string of the molecule is C=CCCC(=O)N(C)[C@H](C)[C@H](OC(=O)[C@@H]1[C@H]2C(=O)N(CCCCCCO)[C@H](C(=O)N(CC=C)C(C)(C)C)[C@]23CC[C@H]1O3)c1ccccc1. The number of amides is 3. The fourth-order valence-corrected chi connectivity index (χ4v) is 7.78. The summed E-state index contributed by atoms with van der Waals surface area (Å²) in [6, 6.07) is 7.94. The van der Waals surface area contributed by atoms with Crippen LogP contribution in [-0.4, -0.2) is 99.6 Å². The van der Waals surface area contributed by atoms with Gasteiger partial charge in [-0.2, -0.15) is 0 Å². The van der Waals surface area contributed by atoms with E-state index in [1.807, 2.05) is 58.0 Å². The number of fused-ring (bicyclic) bond motifs is 1. The lowest BCUT2D eigenvalue weighted by molar-refractivity contribution is -0.164. The molecule has 4 rings (SSSR count). The predicted molar refractivity (Wildman–Crippen MR) is 183 cm³/mol. The zero-order valence-electron chi connectivity index (χ0n) is 29.4. The Morgan fingerprint density at radius 2 is 1.81 bits per heavy atom. The summed E-state index contributed by atoms with van der Waals surface area (Å²) < 4.78 is 13.0. The first-order valence-corrected chi connectivity index (χ1v) is 17.5. The summed E-state index contributed by atoms with van der Waals surface area (Å²) in [5.41, 5.74) is -0.955. The number of esters is 1. The van der Waals surface area contributed by atoms with Crippen LogP contribution in [0.2, 0.25) is 0 Å². The fraction of sp³-hybridized carbons (Fsp3) is 0.632. The molecule has 3 heterocycles. The summed E-state index contributed by atoms with van der Waals surface area (Å²) in [6.07, 6.45) is 6.83. The van der Waals surface area contributed by atoms with E-state index in [4.69, 9.17) is 9.47 Å². The van der Waals surface area contributed by atoms with Gasteiger partial charge in [0.2, 0.25) is 17.7 Å². The van der Waals surface area contributed by atoms with Gasteiger partial charge in [0.1, 0.15) is 17.7 Å². The molecule has 0 radical (unpaired) electrons. The van der Waals surface area contributed by atoms with Gasteiger partial charge in [-0.1, -0.05) is 55.3 Å². The van der Waals surface area contributed by atoms with Crippen molar-refractivity contribution in [3.63, 3.8) is 0 Å². The Morgan fingerprint density at radius 1 is 1.12 bits per heavy atom. The second-order valence-corrected chi connectivity index (χ2v) is 14.5. The number of hydrogen-bond donors (Lipinski definition) is 1. The minimum Gasteiger partial charge on any atom is -0.455 e. The number of aliphatic hydroxyl groups is 1. The van der Waals surface area contributed by atoms with E-state index in [1.165, 1.54) is 0 Å². The first kappa shape index (κ1) is 37.3. The topological polar surface area (TPSA) is 117 Å². The molecular weight excluding hydrogens is 610 g/mol. The average Bonchev–Trinajstić information content (AvgIpc) is 3.71. The maximum absolute atomic E-state index is 14.6. The van der Waals surface area contributed by atoms with Gasteiger partial charge in [-0.05, 0) is 65.4 Å².